The molecule has 0 saturated carbocycles. The van der Waals surface area contributed by atoms with Crippen LogP contribution in [0.25, 0.3) is 6.08 Å². The van der Waals surface area contributed by atoms with Crippen molar-refractivity contribution in [2.45, 2.75) is 0 Å². The lowest BCUT2D eigenvalue weighted by Gasteiger charge is -2.34. The van der Waals surface area contributed by atoms with E-state index in [9.17, 15) is 14.4 Å². The van der Waals surface area contributed by atoms with E-state index in [2.05, 4.69) is 22.5 Å². The number of nitrogens with zero attached hydrogens (tertiary/aromatic N) is 2. The van der Waals surface area contributed by atoms with Gasteiger partial charge in [0, 0.05) is 10.0 Å². The highest BCUT2D eigenvalue weighted by Crippen LogP contribution is 2.32. The summed E-state index contributed by atoms with van der Waals surface area (Å²) in [4.78, 5) is 42.3. The molecule has 6 nitrogen and oxygen atoms in total. The Morgan fingerprint density at radius 3 is 1.88 bits per heavy atom. The highest BCUT2D eigenvalue weighted by Gasteiger charge is 2.43. The van der Waals surface area contributed by atoms with Crippen molar-refractivity contribution in [3.63, 3.8) is 0 Å². The van der Waals surface area contributed by atoms with Crippen LogP contribution >= 0.6 is 15.9 Å². The Balaban J connectivity index is 1.87. The Morgan fingerprint density at radius 2 is 1.36 bits per heavy atom. The Hall–Kier alpha value is -3.97. The number of urea groups is 1. The van der Waals surface area contributed by atoms with E-state index in [0.717, 1.165) is 14.3 Å². The molecule has 4 rings (SSSR count). The van der Waals surface area contributed by atoms with E-state index in [1.807, 2.05) is 0 Å². The molecule has 1 heterocycles. The topological polar surface area (TPSA) is 66.9 Å². The number of imide groups is 2. The quantitative estimate of drug-likeness (QED) is 0.250. The zero-order valence-corrected chi connectivity index (χ0v) is 19.1. The first-order valence-corrected chi connectivity index (χ1v) is 10.9. The minimum Gasteiger partial charge on any atom is -0.489 e. The van der Waals surface area contributed by atoms with Crippen LogP contribution in [0.3, 0.4) is 0 Å². The normalized spacial score (nSPS) is 13.8. The zero-order chi connectivity index (χ0) is 23.4. The van der Waals surface area contributed by atoms with Crippen LogP contribution in [0.2, 0.25) is 0 Å². The molecule has 1 aliphatic rings. The number of barbiturate groups is 1. The predicted molar refractivity (Wildman–Crippen MR) is 131 cm³/mol. The van der Waals surface area contributed by atoms with Gasteiger partial charge in [0.1, 0.15) is 17.9 Å². The number of amides is 4. The predicted octanol–water partition coefficient (Wildman–Crippen LogP) is 5.60. The van der Waals surface area contributed by atoms with Crippen molar-refractivity contribution in [3.8, 4) is 5.75 Å². The molecule has 4 amide bonds. The number of hydrogen-bond donors (Lipinski definition) is 0. The second-order valence-corrected chi connectivity index (χ2v) is 7.99. The maximum atomic E-state index is 13.5. The molecule has 0 N–H and O–H groups in total. The lowest BCUT2D eigenvalue weighted by atomic mass is 10.0. The summed E-state index contributed by atoms with van der Waals surface area (Å²) in [7, 11) is 0. The molecule has 0 aromatic heterocycles. The average molecular weight is 503 g/mol. The fourth-order valence-corrected chi connectivity index (χ4v) is 3.79. The molecule has 0 aliphatic carbocycles. The van der Waals surface area contributed by atoms with Crippen molar-refractivity contribution in [1.82, 2.24) is 0 Å². The summed E-state index contributed by atoms with van der Waals surface area (Å²) < 4.78 is 6.44. The number of hydrogen-bond acceptors (Lipinski definition) is 4. The van der Waals surface area contributed by atoms with Gasteiger partial charge in [0.2, 0.25) is 0 Å². The van der Waals surface area contributed by atoms with Crippen molar-refractivity contribution >= 4 is 51.2 Å². The van der Waals surface area contributed by atoms with Gasteiger partial charge in [-0.3, -0.25) is 9.59 Å². The van der Waals surface area contributed by atoms with Gasteiger partial charge in [-0.25, -0.2) is 14.6 Å². The third-order valence-corrected chi connectivity index (χ3v) is 5.40. The van der Waals surface area contributed by atoms with Crippen molar-refractivity contribution in [1.29, 1.82) is 0 Å². The largest absolute Gasteiger partial charge is 0.489 e. The van der Waals surface area contributed by atoms with Crippen molar-refractivity contribution in [2.75, 3.05) is 16.4 Å². The first-order valence-electron chi connectivity index (χ1n) is 10.1. The Kier molecular flexibility index (Phi) is 6.51. The SMILES string of the molecule is C=CCOc1ccc(Br)cc1C=C1C(=O)N(c2ccccc2)C(=O)N(c2ccccc2)C1=O. The highest BCUT2D eigenvalue weighted by atomic mass is 79.9. The number of rotatable bonds is 6. The molecule has 1 saturated heterocycles. The Labute approximate surface area is 199 Å². The number of ether oxygens (including phenoxy) is 1. The number of carbonyl (C=O) groups excluding carboxylic acids is 3. The molecule has 7 heteroatoms. The summed E-state index contributed by atoms with van der Waals surface area (Å²) in [6.45, 7) is 3.90. The van der Waals surface area contributed by atoms with Crippen molar-refractivity contribution < 1.29 is 19.1 Å². The van der Waals surface area contributed by atoms with Crippen LogP contribution in [0.1, 0.15) is 5.56 Å². The van der Waals surface area contributed by atoms with Crippen LogP contribution in [-0.4, -0.2) is 24.5 Å². The number of anilines is 2. The summed E-state index contributed by atoms with van der Waals surface area (Å²) in [5, 5.41) is 0. The monoisotopic (exact) mass is 502 g/mol. The molecule has 3 aromatic carbocycles. The summed E-state index contributed by atoms with van der Waals surface area (Å²) in [6.07, 6.45) is 3.05. The van der Waals surface area contributed by atoms with E-state index >= 15 is 0 Å². The molecule has 33 heavy (non-hydrogen) atoms. The van der Waals surface area contributed by atoms with E-state index in [1.54, 1.807) is 84.9 Å². The second-order valence-electron chi connectivity index (χ2n) is 7.07. The fraction of sp³-hybridized carbons (Fsp3) is 0.0385. The molecule has 1 aliphatic heterocycles. The molecular formula is C26H19BrN2O4. The van der Waals surface area contributed by atoms with Crippen molar-refractivity contribution in [2.24, 2.45) is 0 Å². The minimum atomic E-state index is -0.739. The molecule has 0 radical (unpaired) electrons. The summed E-state index contributed by atoms with van der Waals surface area (Å²) in [5.74, 6) is -0.948. The molecular weight excluding hydrogens is 484 g/mol. The third-order valence-electron chi connectivity index (χ3n) is 4.91. The Morgan fingerprint density at radius 1 is 0.818 bits per heavy atom. The molecule has 0 unspecified atom stereocenters. The number of benzene rings is 3. The second kappa shape index (κ2) is 9.67. The lowest BCUT2D eigenvalue weighted by molar-refractivity contribution is -0.121. The maximum Gasteiger partial charge on any atom is 0.343 e. The van der Waals surface area contributed by atoms with Crippen LogP contribution in [0.4, 0.5) is 16.2 Å². The van der Waals surface area contributed by atoms with Crippen LogP contribution < -0.4 is 14.5 Å². The number of carbonyl (C=O) groups is 3. The van der Waals surface area contributed by atoms with E-state index < -0.39 is 17.8 Å². The number of para-hydroxylation sites is 2. The van der Waals surface area contributed by atoms with Crippen LogP contribution in [0.15, 0.2) is 102 Å². The third kappa shape index (κ3) is 4.49. The molecule has 1 fully saturated rings. The fourth-order valence-electron chi connectivity index (χ4n) is 3.41. The van der Waals surface area contributed by atoms with Gasteiger partial charge in [0.15, 0.2) is 0 Å². The molecule has 0 spiro atoms. The molecule has 164 valence electrons. The van der Waals surface area contributed by atoms with Crippen molar-refractivity contribution in [3.05, 3.63) is 107 Å². The average Bonchev–Trinajstić information content (AvgIpc) is 2.83. The molecule has 0 atom stereocenters. The van der Waals surface area contributed by atoms with Gasteiger partial charge in [0.05, 0.1) is 11.4 Å². The van der Waals surface area contributed by atoms with E-state index in [0.29, 0.717) is 22.7 Å². The smallest absolute Gasteiger partial charge is 0.343 e. The van der Waals surface area contributed by atoms with E-state index in [4.69, 9.17) is 4.74 Å². The van der Waals surface area contributed by atoms with Gasteiger partial charge in [-0.1, -0.05) is 65.0 Å². The first-order chi connectivity index (χ1) is 16.0. The van der Waals surface area contributed by atoms with E-state index in [-0.39, 0.29) is 12.2 Å². The van der Waals surface area contributed by atoms with Gasteiger partial charge in [-0.05, 0) is 48.5 Å². The van der Waals surface area contributed by atoms with Gasteiger partial charge in [-0.15, -0.1) is 0 Å². The van der Waals surface area contributed by atoms with Gasteiger partial charge >= 0.3 is 6.03 Å². The van der Waals surface area contributed by atoms with Gasteiger partial charge in [0.25, 0.3) is 11.8 Å². The summed E-state index contributed by atoms with van der Waals surface area (Å²) in [6, 6.07) is 21.5. The molecule has 3 aromatic rings. The van der Waals surface area contributed by atoms with Gasteiger partial charge < -0.3 is 4.74 Å². The van der Waals surface area contributed by atoms with Crippen LogP contribution in [-0.2, 0) is 9.59 Å². The van der Waals surface area contributed by atoms with Gasteiger partial charge in [-0.2, -0.15) is 0 Å². The summed E-state index contributed by atoms with van der Waals surface area (Å²) >= 11 is 3.42. The summed E-state index contributed by atoms with van der Waals surface area (Å²) in [5.41, 5.74) is 1.08. The lowest BCUT2D eigenvalue weighted by Crippen LogP contribution is -2.57. The van der Waals surface area contributed by atoms with E-state index in [1.165, 1.54) is 6.08 Å². The zero-order valence-electron chi connectivity index (χ0n) is 17.5. The highest BCUT2D eigenvalue weighted by molar-refractivity contribution is 9.10. The maximum absolute atomic E-state index is 13.5. The standard InChI is InChI=1S/C26H19BrN2O4/c1-2-15-33-23-14-13-19(27)16-18(23)17-22-24(30)28(20-9-5-3-6-10-20)26(32)29(25(22)31)21-11-7-4-8-12-21/h2-14,16-17H,1,15H2. The first kappa shape index (κ1) is 22.2. The van der Waals surface area contributed by atoms with Crippen LogP contribution in [0, 0.1) is 0 Å². The minimum absolute atomic E-state index is 0.163. The van der Waals surface area contributed by atoms with Crippen LogP contribution in [0.5, 0.6) is 5.75 Å². The molecule has 0 bridgehead atoms. The number of halogens is 1. The Bertz CT molecular complexity index is 1190.